The summed E-state index contributed by atoms with van der Waals surface area (Å²) in [7, 11) is 0. The molecule has 0 aliphatic carbocycles. The van der Waals surface area contributed by atoms with Crippen molar-refractivity contribution in [2.24, 2.45) is 0 Å². The Morgan fingerprint density at radius 1 is 1.45 bits per heavy atom. The van der Waals surface area contributed by atoms with Crippen molar-refractivity contribution in [2.75, 3.05) is 19.8 Å². The molecule has 0 aromatic rings. The highest BCUT2D eigenvalue weighted by atomic mass is 16.6. The Labute approximate surface area is 64.8 Å². The summed E-state index contributed by atoms with van der Waals surface area (Å²) in [6.07, 6.45) is 1.70. The van der Waals surface area contributed by atoms with Crippen LogP contribution in [-0.4, -0.2) is 32.1 Å². The van der Waals surface area contributed by atoms with Crippen LogP contribution in [0.4, 0.5) is 0 Å². The minimum absolute atomic E-state index is 0.103. The number of carbonyl (C=O) groups is 2. The molecule has 0 spiro atoms. The summed E-state index contributed by atoms with van der Waals surface area (Å²) in [4.78, 5) is 19.9. The number of hydrogen-bond donors (Lipinski definition) is 0. The van der Waals surface area contributed by atoms with Crippen LogP contribution in [0, 0.1) is 0 Å². The monoisotopic (exact) mass is 158 g/mol. The zero-order valence-electron chi connectivity index (χ0n) is 6.12. The van der Waals surface area contributed by atoms with Gasteiger partial charge in [0, 0.05) is 0 Å². The van der Waals surface area contributed by atoms with Gasteiger partial charge in [-0.15, -0.1) is 6.58 Å². The van der Waals surface area contributed by atoms with Gasteiger partial charge in [0.15, 0.2) is 0 Å². The minimum Gasteiger partial charge on any atom is -0.458 e. The Bertz CT molecular complexity index is 141. The van der Waals surface area contributed by atoms with Crippen LogP contribution in [0.5, 0.6) is 0 Å². The molecule has 0 aliphatic rings. The van der Waals surface area contributed by atoms with Crippen molar-refractivity contribution in [2.45, 2.75) is 0 Å². The van der Waals surface area contributed by atoms with Crippen LogP contribution >= 0.6 is 0 Å². The average Bonchev–Trinajstić information content (AvgIpc) is 2.04. The summed E-state index contributed by atoms with van der Waals surface area (Å²) in [5.74, 6) is -0.868. The molecule has 0 N–H and O–H groups in total. The van der Waals surface area contributed by atoms with Crippen LogP contribution in [0.15, 0.2) is 12.7 Å². The third-order valence-electron chi connectivity index (χ3n) is 0.804. The lowest BCUT2D eigenvalue weighted by molar-refractivity contribution is -0.149. The second kappa shape index (κ2) is 6.95. The standard InChI is InChI=1S/C7H10O4/c1-2-3-10-4-5-11-7(9)6-8/h2,6H,1,3-5H2. The maximum atomic E-state index is 10.2. The van der Waals surface area contributed by atoms with Gasteiger partial charge >= 0.3 is 5.97 Å². The maximum Gasteiger partial charge on any atom is 0.371 e. The van der Waals surface area contributed by atoms with Gasteiger partial charge in [0.05, 0.1) is 13.2 Å². The Morgan fingerprint density at radius 2 is 2.18 bits per heavy atom. The van der Waals surface area contributed by atoms with Crippen LogP contribution in [0.25, 0.3) is 0 Å². The van der Waals surface area contributed by atoms with E-state index in [2.05, 4.69) is 11.3 Å². The molecule has 0 radical (unpaired) electrons. The van der Waals surface area contributed by atoms with Gasteiger partial charge in [0.1, 0.15) is 6.61 Å². The first kappa shape index (κ1) is 9.84. The summed E-state index contributed by atoms with van der Waals surface area (Å²) in [6.45, 7) is 4.22. The average molecular weight is 158 g/mol. The van der Waals surface area contributed by atoms with Gasteiger partial charge in [-0.25, -0.2) is 4.79 Å². The van der Waals surface area contributed by atoms with Crippen molar-refractivity contribution in [3.63, 3.8) is 0 Å². The number of aldehydes is 1. The van der Waals surface area contributed by atoms with Crippen molar-refractivity contribution in [3.8, 4) is 0 Å². The Hall–Kier alpha value is -1.16. The van der Waals surface area contributed by atoms with Crippen LogP contribution in [0.1, 0.15) is 0 Å². The zero-order valence-corrected chi connectivity index (χ0v) is 6.12. The summed E-state index contributed by atoms with van der Waals surface area (Å²) in [6, 6.07) is 0. The summed E-state index contributed by atoms with van der Waals surface area (Å²) < 4.78 is 9.24. The molecule has 0 aromatic carbocycles. The number of rotatable bonds is 6. The van der Waals surface area contributed by atoms with Crippen LogP contribution in [0.3, 0.4) is 0 Å². The topological polar surface area (TPSA) is 52.6 Å². The molecule has 0 aromatic heterocycles. The molecule has 62 valence electrons. The molecule has 4 heteroatoms. The Morgan fingerprint density at radius 3 is 2.73 bits per heavy atom. The zero-order chi connectivity index (χ0) is 8.53. The second-order valence-electron chi connectivity index (χ2n) is 1.65. The molecule has 4 nitrogen and oxygen atoms in total. The van der Waals surface area contributed by atoms with Crippen molar-refractivity contribution >= 4 is 12.3 Å². The van der Waals surface area contributed by atoms with E-state index in [0.29, 0.717) is 6.61 Å². The van der Waals surface area contributed by atoms with Gasteiger partial charge < -0.3 is 9.47 Å². The smallest absolute Gasteiger partial charge is 0.371 e. The van der Waals surface area contributed by atoms with Crippen molar-refractivity contribution in [1.82, 2.24) is 0 Å². The van der Waals surface area contributed by atoms with E-state index in [4.69, 9.17) is 4.74 Å². The summed E-state index contributed by atoms with van der Waals surface area (Å²) >= 11 is 0. The van der Waals surface area contributed by atoms with Crippen molar-refractivity contribution in [1.29, 1.82) is 0 Å². The number of carbonyl (C=O) groups excluding carboxylic acids is 2. The van der Waals surface area contributed by atoms with Crippen LogP contribution in [0.2, 0.25) is 0 Å². The second-order valence-corrected chi connectivity index (χ2v) is 1.65. The highest BCUT2D eigenvalue weighted by Crippen LogP contribution is 1.78. The number of hydrogen-bond acceptors (Lipinski definition) is 4. The summed E-state index contributed by atoms with van der Waals surface area (Å²) in [5.41, 5.74) is 0. The molecule has 0 saturated carbocycles. The molecule has 0 amide bonds. The van der Waals surface area contributed by atoms with Gasteiger partial charge in [0.25, 0.3) is 0 Å². The Kier molecular flexibility index (Phi) is 6.22. The molecule has 0 saturated heterocycles. The van der Waals surface area contributed by atoms with E-state index in [-0.39, 0.29) is 19.5 Å². The van der Waals surface area contributed by atoms with E-state index in [1.165, 1.54) is 0 Å². The maximum absolute atomic E-state index is 10.2. The molecule has 0 unspecified atom stereocenters. The Balaban J connectivity index is 3.07. The normalized spacial score (nSPS) is 8.73. The quantitative estimate of drug-likeness (QED) is 0.178. The molecule has 0 rings (SSSR count). The van der Waals surface area contributed by atoms with Crippen molar-refractivity contribution in [3.05, 3.63) is 12.7 Å². The lowest BCUT2D eigenvalue weighted by Gasteiger charge is -1.99. The number of esters is 1. The molecule has 0 heterocycles. The molecular formula is C7H10O4. The third-order valence-corrected chi connectivity index (χ3v) is 0.804. The van der Waals surface area contributed by atoms with Gasteiger partial charge in [0.2, 0.25) is 6.29 Å². The van der Waals surface area contributed by atoms with E-state index >= 15 is 0 Å². The first-order chi connectivity index (χ1) is 5.31. The van der Waals surface area contributed by atoms with Gasteiger partial charge in [-0.05, 0) is 0 Å². The summed E-state index contributed by atoms with van der Waals surface area (Å²) in [5, 5.41) is 0. The molecule has 0 atom stereocenters. The van der Waals surface area contributed by atoms with Gasteiger partial charge in [-0.2, -0.15) is 0 Å². The van der Waals surface area contributed by atoms with Crippen LogP contribution < -0.4 is 0 Å². The fourth-order valence-corrected chi connectivity index (χ4v) is 0.402. The fourth-order valence-electron chi connectivity index (χ4n) is 0.402. The van der Waals surface area contributed by atoms with E-state index in [1.807, 2.05) is 0 Å². The van der Waals surface area contributed by atoms with Gasteiger partial charge in [-0.1, -0.05) is 6.08 Å². The molecular weight excluding hydrogens is 148 g/mol. The minimum atomic E-state index is -0.868. The molecule has 11 heavy (non-hydrogen) atoms. The lowest BCUT2D eigenvalue weighted by atomic mass is 10.7. The van der Waals surface area contributed by atoms with Crippen molar-refractivity contribution < 1.29 is 19.1 Å². The van der Waals surface area contributed by atoms with E-state index in [9.17, 15) is 9.59 Å². The SMILES string of the molecule is C=CCOCCOC(=O)C=O. The first-order valence-electron chi connectivity index (χ1n) is 3.12. The highest BCUT2D eigenvalue weighted by molar-refractivity contribution is 6.20. The van der Waals surface area contributed by atoms with Gasteiger partial charge in [-0.3, -0.25) is 4.79 Å². The molecule has 0 aliphatic heterocycles. The fraction of sp³-hybridized carbons (Fsp3) is 0.429. The third kappa shape index (κ3) is 6.73. The number of ether oxygens (including phenoxy) is 2. The molecule has 0 bridgehead atoms. The first-order valence-corrected chi connectivity index (χ1v) is 3.12. The van der Waals surface area contributed by atoms with E-state index in [0.717, 1.165) is 0 Å². The van der Waals surface area contributed by atoms with E-state index < -0.39 is 5.97 Å². The van der Waals surface area contributed by atoms with Crippen LogP contribution in [-0.2, 0) is 19.1 Å². The highest BCUT2D eigenvalue weighted by Gasteiger charge is 1.96. The predicted octanol–water partition coefficient (Wildman–Crippen LogP) is -0.0689. The molecule has 0 fully saturated rings. The lowest BCUT2D eigenvalue weighted by Crippen LogP contribution is -2.10. The predicted molar refractivity (Wildman–Crippen MR) is 38.0 cm³/mol. The largest absolute Gasteiger partial charge is 0.458 e. The van der Waals surface area contributed by atoms with E-state index in [1.54, 1.807) is 6.08 Å².